The van der Waals surface area contributed by atoms with E-state index < -0.39 is 29.3 Å². The van der Waals surface area contributed by atoms with Crippen molar-refractivity contribution in [2.45, 2.75) is 45.6 Å². The molecule has 2 fully saturated rings. The van der Waals surface area contributed by atoms with E-state index in [0.717, 1.165) is 5.69 Å². The second-order valence-corrected chi connectivity index (χ2v) is 10.8. The number of halogens is 2. The van der Waals surface area contributed by atoms with E-state index in [0.29, 0.717) is 50.4 Å². The predicted octanol–water partition coefficient (Wildman–Crippen LogP) is 4.85. The van der Waals surface area contributed by atoms with Crippen LogP contribution in [0, 0.1) is 28.4 Å². The Kier molecular flexibility index (Phi) is 8.09. The summed E-state index contributed by atoms with van der Waals surface area (Å²) in [6, 6.07) is 11.6. The minimum absolute atomic E-state index is 0.227. The van der Waals surface area contributed by atoms with E-state index in [1.54, 1.807) is 29.2 Å². The molecule has 0 saturated carbocycles. The smallest absolute Gasteiger partial charge is 0.410 e. The summed E-state index contributed by atoms with van der Waals surface area (Å²) in [4.78, 5) is 15.9. The number of ether oxygens (including phenoxy) is 4. The number of rotatable bonds is 7. The van der Waals surface area contributed by atoms with Gasteiger partial charge in [0.2, 0.25) is 0 Å². The molecule has 2 aliphatic rings. The number of carbonyl (C=O) groups is 1. The normalized spacial score (nSPS) is 17.0. The number of anilines is 1. The molecular formula is C28H33F2N3O5. The van der Waals surface area contributed by atoms with Crippen molar-refractivity contribution >= 4 is 11.8 Å². The fourth-order valence-electron chi connectivity index (χ4n) is 4.62. The Bertz CT molecular complexity index is 1150. The molecule has 2 heterocycles. The molecule has 4 rings (SSSR count). The van der Waals surface area contributed by atoms with Gasteiger partial charge in [-0.2, -0.15) is 5.26 Å². The zero-order valence-electron chi connectivity index (χ0n) is 22.1. The van der Waals surface area contributed by atoms with Gasteiger partial charge in [0.1, 0.15) is 5.60 Å². The van der Waals surface area contributed by atoms with Crippen LogP contribution in [0.5, 0.6) is 5.75 Å². The van der Waals surface area contributed by atoms with E-state index in [-0.39, 0.29) is 18.1 Å². The second kappa shape index (κ2) is 11.1. The summed E-state index contributed by atoms with van der Waals surface area (Å²) in [5, 5.41) is 9.13. The molecule has 0 atom stereocenters. The number of methoxy groups -OCH3 is 1. The highest BCUT2D eigenvalue weighted by atomic mass is 19.1. The van der Waals surface area contributed by atoms with Crippen molar-refractivity contribution in [2.75, 3.05) is 44.9 Å². The van der Waals surface area contributed by atoms with E-state index in [2.05, 4.69) is 6.07 Å². The van der Waals surface area contributed by atoms with Crippen molar-refractivity contribution in [3.05, 3.63) is 59.2 Å². The van der Waals surface area contributed by atoms with Crippen LogP contribution in [0.25, 0.3) is 0 Å². The number of likely N-dealkylation sites (tertiary alicyclic amines) is 1. The molecule has 0 aromatic heterocycles. The quantitative estimate of drug-likeness (QED) is 0.507. The van der Waals surface area contributed by atoms with Gasteiger partial charge in [-0.1, -0.05) is 0 Å². The molecule has 8 nitrogen and oxygen atoms in total. The molecule has 1 amide bonds. The predicted molar refractivity (Wildman–Crippen MR) is 136 cm³/mol. The molecule has 0 N–H and O–H groups in total. The van der Waals surface area contributed by atoms with Crippen molar-refractivity contribution in [2.24, 2.45) is 5.41 Å². The van der Waals surface area contributed by atoms with Crippen LogP contribution in [-0.4, -0.2) is 62.8 Å². The third-order valence-corrected chi connectivity index (χ3v) is 6.49. The SMILES string of the molecule is COc1c(F)cc(CN(CCC2OCC3(CO2)CN(C(=O)OC(C)(C)C)C3)c2ccc(C#N)cc2)cc1F. The largest absolute Gasteiger partial charge is 0.491 e. The van der Waals surface area contributed by atoms with Gasteiger partial charge in [0.15, 0.2) is 23.7 Å². The first-order valence-corrected chi connectivity index (χ1v) is 12.5. The molecular weight excluding hydrogens is 496 g/mol. The van der Waals surface area contributed by atoms with Crippen molar-refractivity contribution < 1.29 is 32.5 Å². The van der Waals surface area contributed by atoms with E-state index in [1.807, 2.05) is 25.7 Å². The first-order valence-electron chi connectivity index (χ1n) is 12.5. The first kappa shape index (κ1) is 27.6. The van der Waals surface area contributed by atoms with Crippen LogP contribution in [0.15, 0.2) is 36.4 Å². The molecule has 10 heteroatoms. The number of amides is 1. The first-order chi connectivity index (χ1) is 18.0. The van der Waals surface area contributed by atoms with Gasteiger partial charge in [0.25, 0.3) is 0 Å². The lowest BCUT2D eigenvalue weighted by atomic mass is 9.81. The molecule has 204 valence electrons. The summed E-state index contributed by atoms with van der Waals surface area (Å²) in [5.41, 5.74) is 0.958. The van der Waals surface area contributed by atoms with Crippen LogP contribution in [0.3, 0.4) is 0 Å². The number of hydrogen-bond donors (Lipinski definition) is 0. The molecule has 1 spiro atoms. The Morgan fingerprint density at radius 2 is 1.76 bits per heavy atom. The summed E-state index contributed by atoms with van der Waals surface area (Å²) >= 11 is 0. The van der Waals surface area contributed by atoms with Gasteiger partial charge < -0.3 is 28.7 Å². The Labute approximate surface area is 221 Å². The summed E-state index contributed by atoms with van der Waals surface area (Å²) in [5.74, 6) is -1.96. The highest BCUT2D eigenvalue weighted by Crippen LogP contribution is 2.36. The lowest BCUT2D eigenvalue weighted by molar-refractivity contribution is -0.254. The fraction of sp³-hybridized carbons (Fsp3) is 0.500. The molecule has 0 bridgehead atoms. The molecule has 2 aromatic rings. The molecule has 2 saturated heterocycles. The maximum Gasteiger partial charge on any atom is 0.410 e. The van der Waals surface area contributed by atoms with Gasteiger partial charge in [0.05, 0.1) is 37.4 Å². The molecule has 0 radical (unpaired) electrons. The van der Waals surface area contributed by atoms with Crippen molar-refractivity contribution in [1.82, 2.24) is 4.90 Å². The van der Waals surface area contributed by atoms with Gasteiger partial charge in [-0.05, 0) is 62.7 Å². The van der Waals surface area contributed by atoms with Crippen LogP contribution >= 0.6 is 0 Å². The maximum absolute atomic E-state index is 14.3. The second-order valence-electron chi connectivity index (χ2n) is 10.8. The van der Waals surface area contributed by atoms with Crippen LogP contribution in [-0.2, 0) is 20.8 Å². The Morgan fingerprint density at radius 3 is 2.29 bits per heavy atom. The Balaban J connectivity index is 1.36. The number of hydrogen-bond acceptors (Lipinski definition) is 7. The number of benzene rings is 2. The van der Waals surface area contributed by atoms with Crippen molar-refractivity contribution in [3.63, 3.8) is 0 Å². The summed E-state index contributed by atoms with van der Waals surface area (Å²) in [6.07, 6.45) is -0.288. The monoisotopic (exact) mass is 529 g/mol. The molecule has 38 heavy (non-hydrogen) atoms. The van der Waals surface area contributed by atoms with Gasteiger partial charge in [-0.25, -0.2) is 13.6 Å². The summed E-state index contributed by atoms with van der Waals surface area (Å²) < 4.78 is 50.8. The lowest BCUT2D eigenvalue weighted by Crippen LogP contribution is -2.65. The van der Waals surface area contributed by atoms with E-state index in [9.17, 15) is 13.6 Å². The summed E-state index contributed by atoms with van der Waals surface area (Å²) in [6.45, 7) is 8.16. The third-order valence-electron chi connectivity index (χ3n) is 6.49. The fourth-order valence-corrected chi connectivity index (χ4v) is 4.62. The number of nitriles is 1. The van der Waals surface area contributed by atoms with Gasteiger partial charge in [-0.15, -0.1) is 0 Å². The lowest BCUT2D eigenvalue weighted by Gasteiger charge is -2.52. The Hall–Kier alpha value is -3.42. The highest BCUT2D eigenvalue weighted by molar-refractivity contribution is 5.69. The molecule has 0 aliphatic carbocycles. The zero-order chi connectivity index (χ0) is 27.5. The Morgan fingerprint density at radius 1 is 1.16 bits per heavy atom. The minimum atomic E-state index is -0.771. The van der Waals surface area contributed by atoms with Crippen LogP contribution in [0.4, 0.5) is 19.3 Å². The van der Waals surface area contributed by atoms with Gasteiger partial charge >= 0.3 is 6.09 Å². The van der Waals surface area contributed by atoms with Crippen LogP contribution in [0.1, 0.15) is 38.3 Å². The zero-order valence-corrected chi connectivity index (χ0v) is 22.1. The topological polar surface area (TPSA) is 84.3 Å². The molecule has 2 aliphatic heterocycles. The van der Waals surface area contributed by atoms with Crippen molar-refractivity contribution in [3.8, 4) is 11.8 Å². The standard InChI is InChI=1S/C28H33F2N3O5/c1-27(2,3)38-26(34)33-15-28(16-33)17-36-24(37-18-28)9-10-32(21-7-5-19(13-31)6-8-21)14-20-11-22(29)25(35-4)23(30)12-20/h5-8,11-12,24H,9-10,14-18H2,1-4H3. The molecule has 0 unspecified atom stereocenters. The number of nitrogens with zero attached hydrogens (tertiary/aromatic N) is 3. The van der Waals surface area contributed by atoms with Crippen LogP contribution < -0.4 is 9.64 Å². The maximum atomic E-state index is 14.3. The third kappa shape index (κ3) is 6.52. The van der Waals surface area contributed by atoms with Crippen LogP contribution in [0.2, 0.25) is 0 Å². The summed E-state index contributed by atoms with van der Waals surface area (Å²) in [7, 11) is 1.22. The molecule has 2 aromatic carbocycles. The van der Waals surface area contributed by atoms with E-state index >= 15 is 0 Å². The average molecular weight is 530 g/mol. The van der Waals surface area contributed by atoms with Crippen molar-refractivity contribution in [1.29, 1.82) is 5.26 Å². The van der Waals surface area contributed by atoms with E-state index in [1.165, 1.54) is 19.2 Å². The number of carbonyl (C=O) groups excluding carboxylic acids is 1. The average Bonchev–Trinajstić information content (AvgIpc) is 2.84. The highest BCUT2D eigenvalue weighted by Gasteiger charge is 2.49. The van der Waals surface area contributed by atoms with E-state index in [4.69, 9.17) is 24.2 Å². The van der Waals surface area contributed by atoms with Gasteiger partial charge in [0, 0.05) is 38.3 Å². The van der Waals surface area contributed by atoms with Gasteiger partial charge in [-0.3, -0.25) is 0 Å². The minimum Gasteiger partial charge on any atom is -0.491 e.